The molecule has 3 aliphatic rings. The van der Waals surface area contributed by atoms with E-state index in [1.54, 1.807) is 12.1 Å². The van der Waals surface area contributed by atoms with E-state index in [1.165, 1.54) is 38.2 Å². The van der Waals surface area contributed by atoms with E-state index < -0.39 is 0 Å². The average molecular weight is 296 g/mol. The maximum absolute atomic E-state index is 13.2. The minimum atomic E-state index is -0.122. The van der Waals surface area contributed by atoms with Gasteiger partial charge >= 0.3 is 0 Å². The zero-order valence-corrected chi connectivity index (χ0v) is 12.5. The molecule has 3 saturated carbocycles. The first-order chi connectivity index (χ1) is 9.31. The lowest BCUT2D eigenvalue weighted by atomic mass is 9.79. The molecule has 0 unspecified atom stereocenters. The normalized spacial score (nSPS) is 37.8. The minimum absolute atomic E-state index is 0. The minimum Gasteiger partial charge on any atom is -0.310 e. The van der Waals surface area contributed by atoms with Crippen molar-refractivity contribution in [3.63, 3.8) is 0 Å². The van der Waals surface area contributed by atoms with Crippen LogP contribution in [0, 0.1) is 29.5 Å². The lowest BCUT2D eigenvalue weighted by molar-refractivity contribution is 0.208. The number of hydrogen-bond donors (Lipinski definition) is 1. The van der Waals surface area contributed by atoms with E-state index in [0.29, 0.717) is 6.04 Å². The van der Waals surface area contributed by atoms with Gasteiger partial charge in [0.15, 0.2) is 0 Å². The third kappa shape index (κ3) is 2.37. The number of halogens is 2. The summed E-state index contributed by atoms with van der Waals surface area (Å²) in [5, 5.41) is 3.70. The third-order valence-electron chi connectivity index (χ3n) is 5.89. The second kappa shape index (κ2) is 5.65. The third-order valence-corrected chi connectivity index (χ3v) is 5.89. The summed E-state index contributed by atoms with van der Waals surface area (Å²) in [7, 11) is 0. The summed E-state index contributed by atoms with van der Waals surface area (Å²) in [6.45, 7) is 0.822. The molecule has 3 aliphatic carbocycles. The zero-order chi connectivity index (χ0) is 12.8. The van der Waals surface area contributed by atoms with Crippen LogP contribution in [0.4, 0.5) is 4.39 Å². The van der Waals surface area contributed by atoms with E-state index in [0.717, 1.165) is 35.8 Å². The Morgan fingerprint density at radius 3 is 2.80 bits per heavy atom. The maximum atomic E-state index is 13.2. The quantitative estimate of drug-likeness (QED) is 0.883. The van der Waals surface area contributed by atoms with Crippen LogP contribution in [0.25, 0.3) is 0 Å². The van der Waals surface area contributed by atoms with Gasteiger partial charge in [-0.2, -0.15) is 0 Å². The summed E-state index contributed by atoms with van der Waals surface area (Å²) in [5.41, 5.74) is 1.07. The van der Waals surface area contributed by atoms with Gasteiger partial charge in [0.2, 0.25) is 0 Å². The molecular weight excluding hydrogens is 273 g/mol. The molecule has 0 heterocycles. The summed E-state index contributed by atoms with van der Waals surface area (Å²) in [4.78, 5) is 0. The Hall–Kier alpha value is -0.600. The highest BCUT2D eigenvalue weighted by Gasteiger charge is 2.53. The molecule has 0 saturated heterocycles. The van der Waals surface area contributed by atoms with E-state index in [2.05, 4.69) is 5.32 Å². The van der Waals surface area contributed by atoms with Gasteiger partial charge in [-0.25, -0.2) is 4.39 Å². The first-order valence-corrected chi connectivity index (χ1v) is 7.79. The fourth-order valence-electron chi connectivity index (χ4n) is 5.20. The SMILES string of the molecule is Cl.Fc1cccc(CN[C@H]2C[C@H]3C[C@@H]2[C@@H]2CCC[C@H]32)c1. The van der Waals surface area contributed by atoms with Crippen molar-refractivity contribution in [1.82, 2.24) is 5.32 Å². The van der Waals surface area contributed by atoms with Gasteiger partial charge in [-0.05, 0) is 67.1 Å². The van der Waals surface area contributed by atoms with Gasteiger partial charge < -0.3 is 5.32 Å². The standard InChI is InChI=1S/C17H22FN.ClH/c18-13-4-1-3-11(7-13)10-19-17-9-12-8-16(17)15-6-2-5-14(12)15;/h1,3-4,7,12,14-17,19H,2,5-6,8-10H2;1H/t12-,14-,15-,16-,17+;/m1./s1. The summed E-state index contributed by atoms with van der Waals surface area (Å²) < 4.78 is 13.2. The lowest BCUT2D eigenvalue weighted by Crippen LogP contribution is -2.38. The number of rotatable bonds is 3. The van der Waals surface area contributed by atoms with Crippen molar-refractivity contribution in [2.24, 2.45) is 23.7 Å². The molecule has 3 heteroatoms. The van der Waals surface area contributed by atoms with Crippen molar-refractivity contribution >= 4 is 12.4 Å². The van der Waals surface area contributed by atoms with Gasteiger partial charge in [-0.3, -0.25) is 0 Å². The Bertz CT molecular complexity index is 478. The fourth-order valence-corrected chi connectivity index (χ4v) is 5.20. The van der Waals surface area contributed by atoms with E-state index >= 15 is 0 Å². The van der Waals surface area contributed by atoms with Crippen molar-refractivity contribution in [2.45, 2.75) is 44.7 Å². The van der Waals surface area contributed by atoms with Crippen molar-refractivity contribution < 1.29 is 4.39 Å². The Morgan fingerprint density at radius 2 is 1.95 bits per heavy atom. The molecule has 3 fully saturated rings. The van der Waals surface area contributed by atoms with Crippen LogP contribution in [0.1, 0.15) is 37.7 Å². The Labute approximate surface area is 126 Å². The highest BCUT2D eigenvalue weighted by molar-refractivity contribution is 5.85. The molecule has 20 heavy (non-hydrogen) atoms. The second-order valence-electron chi connectivity index (χ2n) is 6.77. The molecule has 0 radical (unpaired) electrons. The predicted octanol–water partition coefficient (Wildman–Crippen LogP) is 4.16. The first kappa shape index (κ1) is 14.3. The van der Waals surface area contributed by atoms with Crippen LogP contribution < -0.4 is 5.32 Å². The molecular formula is C17H23ClFN. The smallest absolute Gasteiger partial charge is 0.123 e. The fraction of sp³-hybridized carbons (Fsp3) is 0.647. The predicted molar refractivity (Wildman–Crippen MR) is 81.3 cm³/mol. The molecule has 1 aromatic carbocycles. The van der Waals surface area contributed by atoms with Crippen LogP contribution in [-0.4, -0.2) is 6.04 Å². The highest BCUT2D eigenvalue weighted by atomic mass is 35.5. The van der Waals surface area contributed by atoms with E-state index in [-0.39, 0.29) is 18.2 Å². The molecule has 0 amide bonds. The van der Waals surface area contributed by atoms with Crippen molar-refractivity contribution in [3.8, 4) is 0 Å². The number of hydrogen-bond acceptors (Lipinski definition) is 1. The van der Waals surface area contributed by atoms with Gasteiger partial charge in [-0.15, -0.1) is 12.4 Å². The summed E-state index contributed by atoms with van der Waals surface area (Å²) >= 11 is 0. The maximum Gasteiger partial charge on any atom is 0.123 e. The summed E-state index contributed by atoms with van der Waals surface area (Å²) in [6.07, 6.45) is 7.22. The topological polar surface area (TPSA) is 12.0 Å². The molecule has 2 bridgehead atoms. The zero-order valence-electron chi connectivity index (χ0n) is 11.7. The molecule has 5 atom stereocenters. The van der Waals surface area contributed by atoms with Crippen molar-refractivity contribution in [1.29, 1.82) is 0 Å². The molecule has 0 spiro atoms. The van der Waals surface area contributed by atoms with E-state index in [1.807, 2.05) is 6.07 Å². The van der Waals surface area contributed by atoms with Gasteiger partial charge in [0.25, 0.3) is 0 Å². The number of benzene rings is 1. The Kier molecular flexibility index (Phi) is 4.05. The van der Waals surface area contributed by atoms with Crippen molar-refractivity contribution in [3.05, 3.63) is 35.6 Å². The summed E-state index contributed by atoms with van der Waals surface area (Å²) in [6, 6.07) is 7.68. The van der Waals surface area contributed by atoms with Crippen LogP contribution in [0.2, 0.25) is 0 Å². The van der Waals surface area contributed by atoms with Crippen LogP contribution >= 0.6 is 12.4 Å². The van der Waals surface area contributed by atoms with Crippen LogP contribution in [-0.2, 0) is 6.54 Å². The van der Waals surface area contributed by atoms with Gasteiger partial charge in [0.05, 0.1) is 0 Å². The number of fused-ring (bicyclic) bond motifs is 5. The van der Waals surface area contributed by atoms with Gasteiger partial charge in [0.1, 0.15) is 5.82 Å². The summed E-state index contributed by atoms with van der Waals surface area (Å²) in [5.74, 6) is 3.83. The molecule has 0 aliphatic heterocycles. The van der Waals surface area contributed by atoms with Crippen molar-refractivity contribution in [2.75, 3.05) is 0 Å². The Balaban J connectivity index is 0.00000121. The molecule has 1 aromatic rings. The molecule has 1 N–H and O–H groups in total. The van der Waals surface area contributed by atoms with E-state index in [9.17, 15) is 4.39 Å². The molecule has 110 valence electrons. The lowest BCUT2D eigenvalue weighted by Gasteiger charge is -2.32. The van der Waals surface area contributed by atoms with Crippen LogP contribution in [0.5, 0.6) is 0 Å². The van der Waals surface area contributed by atoms with Gasteiger partial charge in [-0.1, -0.05) is 18.6 Å². The average Bonchev–Trinajstić information content (AvgIpc) is 3.08. The number of nitrogens with one attached hydrogen (secondary N) is 1. The second-order valence-corrected chi connectivity index (χ2v) is 6.77. The molecule has 0 aromatic heterocycles. The monoisotopic (exact) mass is 295 g/mol. The molecule has 4 rings (SSSR count). The van der Waals surface area contributed by atoms with E-state index in [4.69, 9.17) is 0 Å². The van der Waals surface area contributed by atoms with Gasteiger partial charge in [0, 0.05) is 12.6 Å². The van der Waals surface area contributed by atoms with Crippen LogP contribution in [0.3, 0.4) is 0 Å². The molecule has 1 nitrogen and oxygen atoms in total. The highest BCUT2D eigenvalue weighted by Crippen LogP contribution is 2.58. The Morgan fingerprint density at radius 1 is 1.10 bits per heavy atom. The van der Waals surface area contributed by atoms with Crippen LogP contribution in [0.15, 0.2) is 24.3 Å². The largest absolute Gasteiger partial charge is 0.310 e. The first-order valence-electron chi connectivity index (χ1n) is 7.79.